The molecule has 1 aliphatic rings. The van der Waals surface area contributed by atoms with Gasteiger partial charge in [0.15, 0.2) is 11.3 Å². The highest BCUT2D eigenvalue weighted by molar-refractivity contribution is 6.35. The highest BCUT2D eigenvalue weighted by Crippen LogP contribution is 2.33. The Morgan fingerprint density at radius 3 is 2.68 bits per heavy atom. The smallest absolute Gasteiger partial charge is 0.308 e. The van der Waals surface area contributed by atoms with Gasteiger partial charge in [-0.3, -0.25) is 9.59 Å². The molecule has 1 aliphatic heterocycles. The Labute approximate surface area is 132 Å². The van der Waals surface area contributed by atoms with E-state index in [0.29, 0.717) is 17.2 Å². The third-order valence-electron chi connectivity index (χ3n) is 4.33. The van der Waals surface area contributed by atoms with E-state index in [2.05, 4.69) is 0 Å². The number of amides is 1. The summed E-state index contributed by atoms with van der Waals surface area (Å²) >= 11 is 6.10. The summed E-state index contributed by atoms with van der Waals surface area (Å²) in [5.74, 6) is -1.51. The van der Waals surface area contributed by atoms with E-state index in [1.54, 1.807) is 17.0 Å². The molecule has 3 rings (SSSR count). The molecule has 1 aromatic carbocycles. The van der Waals surface area contributed by atoms with Gasteiger partial charge >= 0.3 is 5.97 Å². The number of halogens is 1. The molecular formula is C16H16ClNO4. The quantitative estimate of drug-likeness (QED) is 0.922. The van der Waals surface area contributed by atoms with Crippen LogP contribution in [0.2, 0.25) is 5.02 Å². The van der Waals surface area contributed by atoms with Crippen molar-refractivity contribution in [1.29, 1.82) is 0 Å². The van der Waals surface area contributed by atoms with Gasteiger partial charge in [-0.25, -0.2) is 0 Å². The number of hydrogen-bond donors (Lipinski definition) is 1. The van der Waals surface area contributed by atoms with Crippen molar-refractivity contribution in [2.45, 2.75) is 13.8 Å². The normalized spacial score (nSPS) is 21.5. The van der Waals surface area contributed by atoms with E-state index in [9.17, 15) is 14.7 Å². The Kier molecular flexibility index (Phi) is 3.60. The predicted octanol–water partition coefficient (Wildman–Crippen LogP) is 3.19. The number of benzene rings is 1. The Bertz CT molecular complexity index is 767. The minimum atomic E-state index is -0.868. The SMILES string of the molecule is Cc1c(C(=O)N2C[C@@H](C)[C@H](C(=O)O)C2)oc2c(Cl)cccc12. The summed E-state index contributed by atoms with van der Waals surface area (Å²) in [5, 5.41) is 10.4. The van der Waals surface area contributed by atoms with Gasteiger partial charge < -0.3 is 14.4 Å². The Morgan fingerprint density at radius 1 is 1.36 bits per heavy atom. The monoisotopic (exact) mass is 321 g/mol. The molecule has 6 heteroatoms. The average Bonchev–Trinajstić information content (AvgIpc) is 3.01. The summed E-state index contributed by atoms with van der Waals surface area (Å²) in [4.78, 5) is 25.4. The number of carboxylic acid groups (broad SMARTS) is 1. The minimum absolute atomic E-state index is 0.0743. The van der Waals surface area contributed by atoms with E-state index in [4.69, 9.17) is 16.0 Å². The summed E-state index contributed by atoms with van der Waals surface area (Å²) in [6.45, 7) is 4.28. The van der Waals surface area contributed by atoms with Crippen molar-refractivity contribution in [2.75, 3.05) is 13.1 Å². The Morgan fingerprint density at radius 2 is 2.09 bits per heavy atom. The van der Waals surface area contributed by atoms with E-state index >= 15 is 0 Å². The van der Waals surface area contributed by atoms with Crippen molar-refractivity contribution in [3.05, 3.63) is 34.5 Å². The van der Waals surface area contributed by atoms with Crippen LogP contribution < -0.4 is 0 Å². The zero-order chi connectivity index (χ0) is 16.0. The number of rotatable bonds is 2. The fourth-order valence-electron chi connectivity index (χ4n) is 3.01. The van der Waals surface area contributed by atoms with E-state index in [0.717, 1.165) is 10.9 Å². The number of hydrogen-bond acceptors (Lipinski definition) is 3. The fourth-order valence-corrected chi connectivity index (χ4v) is 3.22. The third kappa shape index (κ3) is 2.25. The molecule has 0 radical (unpaired) electrons. The summed E-state index contributed by atoms with van der Waals surface area (Å²) < 4.78 is 5.66. The highest BCUT2D eigenvalue weighted by atomic mass is 35.5. The molecule has 1 amide bonds. The van der Waals surface area contributed by atoms with Crippen LogP contribution in [0.15, 0.2) is 22.6 Å². The number of furan rings is 1. The van der Waals surface area contributed by atoms with Crippen molar-refractivity contribution in [1.82, 2.24) is 4.90 Å². The number of fused-ring (bicyclic) bond motifs is 1. The standard InChI is InChI=1S/C16H16ClNO4/c1-8-6-18(7-11(8)16(20)21)15(19)13-9(2)10-4-3-5-12(17)14(10)22-13/h3-5,8,11H,6-7H2,1-2H3,(H,20,21)/t8-,11-/m1/s1. The second-order valence-corrected chi connectivity index (χ2v) is 6.21. The zero-order valence-corrected chi connectivity index (χ0v) is 13.1. The first-order valence-electron chi connectivity index (χ1n) is 7.10. The van der Waals surface area contributed by atoms with Crippen LogP contribution in [-0.4, -0.2) is 35.0 Å². The van der Waals surface area contributed by atoms with Crippen LogP contribution in [0.1, 0.15) is 23.0 Å². The number of carboxylic acids is 1. The molecule has 0 bridgehead atoms. The predicted molar refractivity (Wildman–Crippen MR) is 82.2 cm³/mol. The molecule has 0 aliphatic carbocycles. The molecule has 0 spiro atoms. The van der Waals surface area contributed by atoms with Crippen molar-refractivity contribution in [2.24, 2.45) is 11.8 Å². The first-order chi connectivity index (χ1) is 10.4. The maximum Gasteiger partial charge on any atom is 0.308 e. The van der Waals surface area contributed by atoms with Gasteiger partial charge in [-0.2, -0.15) is 0 Å². The Hall–Kier alpha value is -2.01. The zero-order valence-electron chi connectivity index (χ0n) is 12.3. The van der Waals surface area contributed by atoms with E-state index < -0.39 is 11.9 Å². The van der Waals surface area contributed by atoms with Crippen LogP contribution >= 0.6 is 11.6 Å². The highest BCUT2D eigenvalue weighted by Gasteiger charge is 2.38. The second-order valence-electron chi connectivity index (χ2n) is 5.80. The van der Waals surface area contributed by atoms with Crippen LogP contribution in [0, 0.1) is 18.8 Å². The molecule has 2 atom stereocenters. The van der Waals surface area contributed by atoms with Crippen LogP contribution in [0.5, 0.6) is 0 Å². The molecule has 1 saturated heterocycles. The van der Waals surface area contributed by atoms with Gasteiger partial charge in [-0.15, -0.1) is 0 Å². The number of para-hydroxylation sites is 1. The number of nitrogens with zero attached hydrogens (tertiary/aromatic N) is 1. The number of carbonyl (C=O) groups excluding carboxylic acids is 1. The van der Waals surface area contributed by atoms with Gasteiger partial charge in [-0.1, -0.05) is 30.7 Å². The van der Waals surface area contributed by atoms with Gasteiger partial charge in [-0.05, 0) is 18.9 Å². The van der Waals surface area contributed by atoms with Gasteiger partial charge in [0, 0.05) is 24.0 Å². The van der Waals surface area contributed by atoms with Crippen LogP contribution in [0.25, 0.3) is 11.0 Å². The lowest BCUT2D eigenvalue weighted by Crippen LogP contribution is -2.30. The van der Waals surface area contributed by atoms with Crippen molar-refractivity contribution < 1.29 is 19.1 Å². The molecule has 2 aromatic rings. The lowest BCUT2D eigenvalue weighted by molar-refractivity contribution is -0.142. The molecule has 1 aromatic heterocycles. The molecule has 1 N–H and O–H groups in total. The van der Waals surface area contributed by atoms with Gasteiger partial charge in [0.2, 0.25) is 0 Å². The summed E-state index contributed by atoms with van der Waals surface area (Å²) in [6, 6.07) is 5.36. The number of carbonyl (C=O) groups is 2. The molecule has 22 heavy (non-hydrogen) atoms. The topological polar surface area (TPSA) is 70.8 Å². The van der Waals surface area contributed by atoms with E-state index in [-0.39, 0.29) is 24.1 Å². The summed E-state index contributed by atoms with van der Waals surface area (Å²) in [6.07, 6.45) is 0. The van der Waals surface area contributed by atoms with E-state index in [1.165, 1.54) is 0 Å². The summed E-state index contributed by atoms with van der Waals surface area (Å²) in [5.41, 5.74) is 1.22. The van der Waals surface area contributed by atoms with Crippen LogP contribution in [-0.2, 0) is 4.79 Å². The molecule has 0 saturated carbocycles. The maximum atomic E-state index is 12.7. The lowest BCUT2D eigenvalue weighted by Gasteiger charge is -2.14. The van der Waals surface area contributed by atoms with Crippen molar-refractivity contribution in [3.63, 3.8) is 0 Å². The summed E-state index contributed by atoms with van der Waals surface area (Å²) in [7, 11) is 0. The lowest BCUT2D eigenvalue weighted by atomic mass is 9.99. The molecule has 1 fully saturated rings. The number of likely N-dealkylation sites (tertiary alicyclic amines) is 1. The van der Waals surface area contributed by atoms with Crippen LogP contribution in [0.4, 0.5) is 0 Å². The molecule has 5 nitrogen and oxygen atoms in total. The average molecular weight is 322 g/mol. The molecule has 2 heterocycles. The van der Waals surface area contributed by atoms with Gasteiger partial charge in [0.25, 0.3) is 5.91 Å². The fraction of sp³-hybridized carbons (Fsp3) is 0.375. The molecule has 116 valence electrons. The van der Waals surface area contributed by atoms with E-state index in [1.807, 2.05) is 19.9 Å². The third-order valence-corrected chi connectivity index (χ3v) is 4.62. The maximum absolute atomic E-state index is 12.7. The van der Waals surface area contributed by atoms with Crippen LogP contribution in [0.3, 0.4) is 0 Å². The molecule has 0 unspecified atom stereocenters. The van der Waals surface area contributed by atoms with Gasteiger partial charge in [0.05, 0.1) is 10.9 Å². The minimum Gasteiger partial charge on any atom is -0.481 e. The number of aryl methyl sites for hydroxylation is 1. The first kappa shape index (κ1) is 14.9. The van der Waals surface area contributed by atoms with Crippen molar-refractivity contribution in [3.8, 4) is 0 Å². The first-order valence-corrected chi connectivity index (χ1v) is 7.47. The Balaban J connectivity index is 1.95. The van der Waals surface area contributed by atoms with Crippen molar-refractivity contribution >= 4 is 34.4 Å². The second kappa shape index (κ2) is 5.32. The van der Waals surface area contributed by atoms with Gasteiger partial charge in [0.1, 0.15) is 0 Å². The number of aliphatic carboxylic acids is 1. The molecular weight excluding hydrogens is 306 g/mol. The largest absolute Gasteiger partial charge is 0.481 e.